The van der Waals surface area contributed by atoms with E-state index in [-0.39, 0.29) is 17.2 Å². The summed E-state index contributed by atoms with van der Waals surface area (Å²) in [5, 5.41) is 0. The predicted octanol–water partition coefficient (Wildman–Crippen LogP) is 1.44. The van der Waals surface area contributed by atoms with Crippen molar-refractivity contribution >= 4 is 18.0 Å². The lowest BCUT2D eigenvalue weighted by molar-refractivity contribution is -0.159. The van der Waals surface area contributed by atoms with Crippen molar-refractivity contribution in [3.8, 4) is 0 Å². The summed E-state index contributed by atoms with van der Waals surface area (Å²) in [5.41, 5.74) is 8.07. The molecular formula is C14H23N3O3. The molecule has 0 aromatic heterocycles. The average molecular weight is 281 g/mol. The van der Waals surface area contributed by atoms with Gasteiger partial charge in [0.2, 0.25) is 5.78 Å². The van der Waals surface area contributed by atoms with Crippen LogP contribution in [0.15, 0.2) is 0 Å². The molecule has 0 saturated carbocycles. The zero-order chi connectivity index (χ0) is 15.6. The molecule has 0 amide bonds. The van der Waals surface area contributed by atoms with Gasteiger partial charge in [-0.25, -0.2) is 0 Å². The van der Waals surface area contributed by atoms with Crippen LogP contribution in [-0.2, 0) is 14.3 Å². The SMILES string of the molecule is CN1C(C)(C)CC(OC(=O)CC(=O)C=[N+]=[N-])CC1(C)C. The molecule has 20 heavy (non-hydrogen) atoms. The summed E-state index contributed by atoms with van der Waals surface area (Å²) in [7, 11) is 2.07. The standard InChI is InChI=1S/C14H23N3O3/c1-13(2)7-11(8-14(3,4)17(13)5)20-12(19)6-10(18)9-16-15/h9,11H,6-8H2,1-5H3. The van der Waals surface area contributed by atoms with Crippen LogP contribution in [-0.4, -0.2) is 51.9 Å². The van der Waals surface area contributed by atoms with E-state index >= 15 is 0 Å². The van der Waals surface area contributed by atoms with Crippen LogP contribution in [0.5, 0.6) is 0 Å². The van der Waals surface area contributed by atoms with Gasteiger partial charge < -0.3 is 10.3 Å². The number of rotatable bonds is 4. The van der Waals surface area contributed by atoms with Gasteiger partial charge in [-0.05, 0) is 34.7 Å². The number of esters is 1. The number of piperidine rings is 1. The first-order chi connectivity index (χ1) is 9.08. The van der Waals surface area contributed by atoms with Crippen molar-refractivity contribution in [2.24, 2.45) is 0 Å². The largest absolute Gasteiger partial charge is 0.462 e. The molecule has 0 atom stereocenters. The number of Topliss-reactive ketones (excluding diaryl/α,β-unsaturated/α-hetero) is 1. The van der Waals surface area contributed by atoms with Crippen LogP contribution in [0.25, 0.3) is 5.53 Å². The van der Waals surface area contributed by atoms with Crippen LogP contribution in [0.3, 0.4) is 0 Å². The van der Waals surface area contributed by atoms with Crippen LogP contribution < -0.4 is 0 Å². The molecule has 0 unspecified atom stereocenters. The Labute approximate surface area is 119 Å². The highest BCUT2D eigenvalue weighted by Crippen LogP contribution is 2.38. The van der Waals surface area contributed by atoms with Gasteiger partial charge in [0.25, 0.3) is 0 Å². The fourth-order valence-corrected chi connectivity index (χ4v) is 2.84. The second kappa shape index (κ2) is 5.85. The number of ketones is 1. The molecule has 1 saturated heterocycles. The molecule has 6 nitrogen and oxygen atoms in total. The number of hydrogen-bond acceptors (Lipinski definition) is 4. The Hall–Kier alpha value is -1.52. The molecule has 0 N–H and O–H groups in total. The van der Waals surface area contributed by atoms with Gasteiger partial charge in [-0.1, -0.05) is 0 Å². The van der Waals surface area contributed by atoms with Crippen LogP contribution in [0.4, 0.5) is 0 Å². The number of nitrogens with zero attached hydrogens (tertiary/aromatic N) is 3. The van der Waals surface area contributed by atoms with Gasteiger partial charge in [-0.15, -0.1) is 0 Å². The third-order valence-corrected chi connectivity index (χ3v) is 4.09. The summed E-state index contributed by atoms with van der Waals surface area (Å²) < 4.78 is 5.40. The maximum Gasteiger partial charge on any atom is 0.323 e. The summed E-state index contributed by atoms with van der Waals surface area (Å²) in [4.78, 5) is 27.8. The summed E-state index contributed by atoms with van der Waals surface area (Å²) >= 11 is 0. The fraction of sp³-hybridized carbons (Fsp3) is 0.786. The molecule has 1 fully saturated rings. The molecule has 0 aliphatic carbocycles. The van der Waals surface area contributed by atoms with Gasteiger partial charge in [0.1, 0.15) is 12.5 Å². The van der Waals surface area contributed by atoms with Gasteiger partial charge in [-0.3, -0.25) is 14.5 Å². The van der Waals surface area contributed by atoms with Crippen molar-refractivity contribution < 1.29 is 19.1 Å². The van der Waals surface area contributed by atoms with Crippen LogP contribution in [0, 0.1) is 0 Å². The minimum Gasteiger partial charge on any atom is -0.462 e. The predicted molar refractivity (Wildman–Crippen MR) is 74.3 cm³/mol. The van der Waals surface area contributed by atoms with Crippen molar-refractivity contribution in [3.05, 3.63) is 5.53 Å². The Morgan fingerprint density at radius 3 is 2.25 bits per heavy atom. The topological polar surface area (TPSA) is 83.0 Å². The Morgan fingerprint density at radius 2 is 1.80 bits per heavy atom. The second-order valence-corrected chi connectivity index (χ2v) is 6.59. The quantitative estimate of drug-likeness (QED) is 0.257. The molecule has 1 aliphatic heterocycles. The van der Waals surface area contributed by atoms with Crippen LogP contribution >= 0.6 is 0 Å². The van der Waals surface area contributed by atoms with Crippen molar-refractivity contribution in [1.82, 2.24) is 4.90 Å². The van der Waals surface area contributed by atoms with Crippen molar-refractivity contribution in [1.29, 1.82) is 0 Å². The fourth-order valence-electron chi connectivity index (χ4n) is 2.84. The third kappa shape index (κ3) is 3.99. The number of likely N-dealkylation sites (tertiary alicyclic amines) is 1. The maximum absolute atomic E-state index is 11.7. The molecular weight excluding hydrogens is 258 g/mol. The minimum absolute atomic E-state index is 0.0801. The van der Waals surface area contributed by atoms with Crippen molar-refractivity contribution in [2.45, 2.75) is 64.1 Å². The normalized spacial score (nSPS) is 21.9. The average Bonchev–Trinajstić information content (AvgIpc) is 2.24. The molecule has 1 rings (SSSR count). The van der Waals surface area contributed by atoms with Crippen molar-refractivity contribution in [2.75, 3.05) is 7.05 Å². The van der Waals surface area contributed by atoms with E-state index in [1.165, 1.54) is 0 Å². The van der Waals surface area contributed by atoms with E-state index in [1.54, 1.807) is 0 Å². The van der Waals surface area contributed by atoms with Crippen LogP contribution in [0.1, 0.15) is 47.0 Å². The minimum atomic E-state index is -0.573. The zero-order valence-corrected chi connectivity index (χ0v) is 12.8. The van der Waals surface area contributed by atoms with E-state index in [0.29, 0.717) is 6.21 Å². The molecule has 0 aromatic rings. The monoisotopic (exact) mass is 281 g/mol. The first-order valence-corrected chi connectivity index (χ1v) is 6.72. The molecule has 0 spiro atoms. The second-order valence-electron chi connectivity index (χ2n) is 6.59. The summed E-state index contributed by atoms with van der Waals surface area (Å²) in [5.74, 6) is -1.14. The van der Waals surface area contributed by atoms with Crippen LogP contribution in [0.2, 0.25) is 0 Å². The Morgan fingerprint density at radius 1 is 1.30 bits per heavy atom. The number of hydrogen-bond donors (Lipinski definition) is 0. The van der Waals surface area contributed by atoms with Gasteiger partial charge in [0.05, 0.1) is 0 Å². The Bertz CT molecular complexity index is 433. The third-order valence-electron chi connectivity index (χ3n) is 4.09. The molecule has 112 valence electrons. The summed E-state index contributed by atoms with van der Waals surface area (Å²) in [6, 6.07) is 0. The number of ether oxygens (including phenoxy) is 1. The van der Waals surface area contributed by atoms with E-state index in [0.717, 1.165) is 12.8 Å². The zero-order valence-electron chi connectivity index (χ0n) is 12.8. The first kappa shape index (κ1) is 16.5. The molecule has 1 heterocycles. The van der Waals surface area contributed by atoms with E-state index in [1.807, 2.05) is 0 Å². The van der Waals surface area contributed by atoms with Gasteiger partial charge in [-0.2, -0.15) is 4.79 Å². The molecule has 1 aliphatic rings. The lowest BCUT2D eigenvalue weighted by Gasteiger charge is -2.53. The molecule has 0 radical (unpaired) electrons. The van der Waals surface area contributed by atoms with Gasteiger partial charge in [0.15, 0.2) is 0 Å². The lowest BCUT2D eigenvalue weighted by Crippen LogP contribution is -2.60. The van der Waals surface area contributed by atoms with E-state index in [9.17, 15) is 9.59 Å². The molecule has 0 bridgehead atoms. The lowest BCUT2D eigenvalue weighted by atomic mass is 9.79. The summed E-state index contributed by atoms with van der Waals surface area (Å²) in [6.45, 7) is 8.44. The first-order valence-electron chi connectivity index (χ1n) is 6.72. The molecule has 0 aromatic carbocycles. The smallest absolute Gasteiger partial charge is 0.323 e. The number of carbonyl (C=O) groups is 2. The number of carbonyl (C=O) groups excluding carboxylic acids is 2. The van der Waals surface area contributed by atoms with Crippen molar-refractivity contribution in [3.63, 3.8) is 0 Å². The maximum atomic E-state index is 11.7. The van der Waals surface area contributed by atoms with Gasteiger partial charge in [0, 0.05) is 23.9 Å². The summed E-state index contributed by atoms with van der Waals surface area (Å²) in [6.07, 6.45) is 1.56. The Balaban J connectivity index is 2.67. The van der Waals surface area contributed by atoms with Gasteiger partial charge >= 0.3 is 12.2 Å². The highest BCUT2D eigenvalue weighted by molar-refractivity contribution is 6.29. The van der Waals surface area contributed by atoms with E-state index in [4.69, 9.17) is 10.3 Å². The highest BCUT2D eigenvalue weighted by Gasteiger charge is 2.44. The highest BCUT2D eigenvalue weighted by atomic mass is 16.5. The van der Waals surface area contributed by atoms with E-state index < -0.39 is 18.2 Å². The van der Waals surface area contributed by atoms with E-state index in [2.05, 4.69) is 44.4 Å². The molecule has 6 heteroatoms. The Kier molecular flexibility index (Phi) is 4.84.